The summed E-state index contributed by atoms with van der Waals surface area (Å²) in [6.45, 7) is 7.11. The van der Waals surface area contributed by atoms with Crippen LogP contribution >= 0.6 is 0 Å². The van der Waals surface area contributed by atoms with Crippen LogP contribution in [0.25, 0.3) is 11.0 Å². The van der Waals surface area contributed by atoms with E-state index in [0.29, 0.717) is 24.2 Å². The van der Waals surface area contributed by atoms with Crippen LogP contribution in [0, 0.1) is 12.8 Å². The molecule has 1 aliphatic rings. The van der Waals surface area contributed by atoms with Crippen molar-refractivity contribution in [2.24, 2.45) is 5.92 Å². The average molecular weight is 481 g/mol. The van der Waals surface area contributed by atoms with E-state index in [1.54, 1.807) is 17.6 Å². The largest absolute Gasteiger partial charge is 0.494 e. The van der Waals surface area contributed by atoms with Gasteiger partial charge in [-0.1, -0.05) is 23.8 Å². The molecule has 2 N–H and O–H groups in total. The number of aryl methyl sites for hydroxylation is 1. The highest BCUT2D eigenvalue weighted by atomic mass is 16.5. The molecule has 1 fully saturated rings. The topological polar surface area (TPSA) is 101 Å². The molecule has 8 nitrogen and oxygen atoms in total. The van der Waals surface area contributed by atoms with E-state index >= 15 is 0 Å². The van der Waals surface area contributed by atoms with E-state index in [-0.39, 0.29) is 6.42 Å². The van der Waals surface area contributed by atoms with E-state index in [1.807, 2.05) is 43.3 Å². The lowest BCUT2D eigenvalue weighted by molar-refractivity contribution is -0.133. The first-order valence-corrected chi connectivity index (χ1v) is 12.0. The zero-order chi connectivity index (χ0) is 24.6. The highest BCUT2D eigenvalue weighted by molar-refractivity contribution is 5.79. The second kappa shape index (κ2) is 12.0. The Labute approximate surface area is 204 Å². The highest BCUT2D eigenvalue weighted by Gasteiger charge is 2.22. The predicted molar refractivity (Wildman–Crippen MR) is 132 cm³/mol. The molecule has 1 atom stereocenters. The SMILES string of the molecule is Cc1ccc2oc(=O)c(CC(Cc3ccc(OCCCN4CCOCC4)cc3)C(=O)NO)cc2c1. The van der Waals surface area contributed by atoms with Gasteiger partial charge in [0.1, 0.15) is 11.3 Å². The number of carbonyl (C=O) groups excluding carboxylic acids is 1. The van der Waals surface area contributed by atoms with Crippen molar-refractivity contribution in [1.82, 2.24) is 10.4 Å². The molecule has 4 rings (SSSR count). The number of carbonyl (C=O) groups is 1. The Kier molecular flexibility index (Phi) is 8.52. The van der Waals surface area contributed by atoms with Gasteiger partial charge in [0, 0.05) is 36.5 Å². The van der Waals surface area contributed by atoms with E-state index in [0.717, 1.165) is 61.5 Å². The van der Waals surface area contributed by atoms with Gasteiger partial charge < -0.3 is 13.9 Å². The molecule has 2 aromatic carbocycles. The third kappa shape index (κ3) is 6.91. The van der Waals surface area contributed by atoms with Crippen LogP contribution in [0.3, 0.4) is 0 Å². The van der Waals surface area contributed by atoms with Crippen molar-refractivity contribution in [1.29, 1.82) is 0 Å². The van der Waals surface area contributed by atoms with Crippen LogP contribution in [-0.2, 0) is 22.4 Å². The molecule has 8 heteroatoms. The van der Waals surface area contributed by atoms with Crippen LogP contribution in [-0.4, -0.2) is 55.5 Å². The Morgan fingerprint density at radius 1 is 1.11 bits per heavy atom. The maximum absolute atomic E-state index is 12.5. The van der Waals surface area contributed by atoms with E-state index in [2.05, 4.69) is 4.90 Å². The second-order valence-corrected chi connectivity index (χ2v) is 8.98. The third-order valence-corrected chi connectivity index (χ3v) is 6.30. The predicted octanol–water partition coefficient (Wildman–Crippen LogP) is 3.11. The molecule has 1 unspecified atom stereocenters. The van der Waals surface area contributed by atoms with E-state index < -0.39 is 17.5 Å². The van der Waals surface area contributed by atoms with Crippen molar-refractivity contribution in [3.8, 4) is 5.75 Å². The molecule has 0 bridgehead atoms. The van der Waals surface area contributed by atoms with Crippen molar-refractivity contribution < 1.29 is 23.9 Å². The number of fused-ring (bicyclic) bond motifs is 1. The maximum Gasteiger partial charge on any atom is 0.339 e. The minimum Gasteiger partial charge on any atom is -0.494 e. The Morgan fingerprint density at radius 3 is 2.63 bits per heavy atom. The molecule has 0 saturated carbocycles. The second-order valence-electron chi connectivity index (χ2n) is 8.98. The van der Waals surface area contributed by atoms with Gasteiger partial charge >= 0.3 is 5.63 Å². The molecule has 1 aliphatic heterocycles. The molecule has 0 spiro atoms. The summed E-state index contributed by atoms with van der Waals surface area (Å²) in [5.74, 6) is -0.410. The summed E-state index contributed by atoms with van der Waals surface area (Å²) in [5, 5.41) is 10.1. The first-order valence-electron chi connectivity index (χ1n) is 12.0. The fraction of sp³-hybridized carbons (Fsp3) is 0.407. The molecule has 1 saturated heterocycles. The summed E-state index contributed by atoms with van der Waals surface area (Å²) < 4.78 is 16.7. The van der Waals surface area contributed by atoms with Gasteiger partial charge in [-0.05, 0) is 62.1 Å². The zero-order valence-corrected chi connectivity index (χ0v) is 20.0. The fourth-order valence-electron chi connectivity index (χ4n) is 4.35. The molecule has 1 aromatic heterocycles. The Hall–Kier alpha value is -3.20. The summed E-state index contributed by atoms with van der Waals surface area (Å²) >= 11 is 0. The number of hydrogen-bond acceptors (Lipinski definition) is 7. The number of nitrogens with one attached hydrogen (secondary N) is 1. The highest BCUT2D eigenvalue weighted by Crippen LogP contribution is 2.20. The monoisotopic (exact) mass is 480 g/mol. The van der Waals surface area contributed by atoms with Crippen LogP contribution in [0.1, 0.15) is 23.1 Å². The smallest absolute Gasteiger partial charge is 0.339 e. The fourth-order valence-corrected chi connectivity index (χ4v) is 4.35. The van der Waals surface area contributed by atoms with Crippen molar-refractivity contribution in [3.63, 3.8) is 0 Å². The lowest BCUT2D eigenvalue weighted by atomic mass is 9.92. The minimum absolute atomic E-state index is 0.151. The van der Waals surface area contributed by atoms with Gasteiger partial charge in [-0.3, -0.25) is 14.9 Å². The van der Waals surface area contributed by atoms with Crippen molar-refractivity contribution in [3.05, 3.63) is 75.6 Å². The van der Waals surface area contributed by atoms with Gasteiger partial charge in [0.2, 0.25) is 5.91 Å². The number of benzene rings is 2. The number of hydroxylamine groups is 1. The van der Waals surface area contributed by atoms with Gasteiger partial charge in [0.05, 0.1) is 19.8 Å². The Morgan fingerprint density at radius 2 is 1.89 bits per heavy atom. The van der Waals surface area contributed by atoms with E-state index in [4.69, 9.17) is 13.9 Å². The van der Waals surface area contributed by atoms with Crippen LogP contribution in [0.2, 0.25) is 0 Å². The number of morpholine rings is 1. The molecule has 35 heavy (non-hydrogen) atoms. The summed E-state index contributed by atoms with van der Waals surface area (Å²) in [6, 6.07) is 14.9. The summed E-state index contributed by atoms with van der Waals surface area (Å²) in [7, 11) is 0. The number of nitrogens with zero attached hydrogens (tertiary/aromatic N) is 1. The van der Waals surface area contributed by atoms with Gasteiger partial charge in [0.25, 0.3) is 0 Å². The Bertz CT molecular complexity index is 1180. The summed E-state index contributed by atoms with van der Waals surface area (Å²) in [5.41, 5.74) is 4.12. The Balaban J connectivity index is 1.36. The first kappa shape index (κ1) is 24.9. The number of hydrogen-bond donors (Lipinski definition) is 2. The van der Waals surface area contributed by atoms with E-state index in [1.165, 1.54) is 0 Å². The number of rotatable bonds is 10. The van der Waals surface area contributed by atoms with Gasteiger partial charge in [0.15, 0.2) is 0 Å². The molecule has 2 heterocycles. The minimum atomic E-state index is -0.634. The quantitative estimate of drug-likeness (QED) is 0.199. The molecule has 0 aliphatic carbocycles. The molecule has 186 valence electrons. The lowest BCUT2D eigenvalue weighted by Gasteiger charge is -2.26. The maximum atomic E-state index is 12.5. The number of amides is 1. The van der Waals surface area contributed by atoms with Crippen LogP contribution in [0.4, 0.5) is 0 Å². The average Bonchev–Trinajstić information content (AvgIpc) is 2.88. The standard InChI is InChI=1S/C27H32N2O6/c1-19-3-8-25-21(15-19)17-23(27(31)35-25)18-22(26(30)28-32)16-20-4-6-24(7-5-20)34-12-2-9-29-10-13-33-14-11-29/h3-8,15,17,22,32H,2,9-14,16,18H2,1H3,(H,28,30). The van der Waals surface area contributed by atoms with Crippen molar-refractivity contribution in [2.75, 3.05) is 39.5 Å². The third-order valence-electron chi connectivity index (χ3n) is 6.30. The van der Waals surface area contributed by atoms with Crippen LogP contribution < -0.4 is 15.8 Å². The van der Waals surface area contributed by atoms with Gasteiger partial charge in [-0.2, -0.15) is 0 Å². The molecular formula is C27H32N2O6. The van der Waals surface area contributed by atoms with E-state index in [9.17, 15) is 14.8 Å². The number of ether oxygens (including phenoxy) is 2. The molecule has 1 amide bonds. The van der Waals surface area contributed by atoms with Crippen LogP contribution in [0.15, 0.2) is 57.7 Å². The van der Waals surface area contributed by atoms with Crippen molar-refractivity contribution in [2.45, 2.75) is 26.2 Å². The lowest BCUT2D eigenvalue weighted by Crippen LogP contribution is -2.37. The van der Waals surface area contributed by atoms with Crippen molar-refractivity contribution >= 4 is 16.9 Å². The first-order chi connectivity index (χ1) is 17.0. The summed E-state index contributed by atoms with van der Waals surface area (Å²) in [4.78, 5) is 27.3. The van der Waals surface area contributed by atoms with Crippen LogP contribution in [0.5, 0.6) is 5.75 Å². The molecule has 3 aromatic rings. The van der Waals surface area contributed by atoms with Gasteiger partial charge in [-0.25, -0.2) is 10.3 Å². The molecule has 0 radical (unpaired) electrons. The zero-order valence-electron chi connectivity index (χ0n) is 20.0. The molecular weight excluding hydrogens is 448 g/mol. The van der Waals surface area contributed by atoms with Gasteiger partial charge in [-0.15, -0.1) is 0 Å². The normalized spacial score (nSPS) is 15.1. The summed E-state index contributed by atoms with van der Waals surface area (Å²) in [6.07, 6.45) is 1.45.